The molecule has 5 heteroatoms. The first-order valence-electron chi connectivity index (χ1n) is 6.04. The summed E-state index contributed by atoms with van der Waals surface area (Å²) in [6.07, 6.45) is 0. The zero-order valence-corrected chi connectivity index (χ0v) is 11.2. The van der Waals surface area contributed by atoms with E-state index in [9.17, 15) is 8.78 Å². The highest BCUT2D eigenvalue weighted by Gasteiger charge is 2.19. The second-order valence-electron chi connectivity index (χ2n) is 4.38. The molecule has 0 bridgehead atoms. The molecule has 1 N–H and O–H groups in total. The quantitative estimate of drug-likeness (QED) is 0.811. The van der Waals surface area contributed by atoms with Gasteiger partial charge in [0.2, 0.25) is 0 Å². The van der Waals surface area contributed by atoms with E-state index in [0.29, 0.717) is 27.5 Å². The number of aliphatic imine (C=N–C) groups is 1. The van der Waals surface area contributed by atoms with Gasteiger partial charge in [0.15, 0.2) is 0 Å². The third kappa shape index (κ3) is 2.32. The molecule has 0 spiro atoms. The summed E-state index contributed by atoms with van der Waals surface area (Å²) in [5, 5.41) is 3.00. The fourth-order valence-electron chi connectivity index (χ4n) is 2.13. The van der Waals surface area contributed by atoms with E-state index in [1.807, 2.05) is 0 Å². The summed E-state index contributed by atoms with van der Waals surface area (Å²) in [6, 6.07) is 10.5. The maximum absolute atomic E-state index is 14.0. The summed E-state index contributed by atoms with van der Waals surface area (Å²) in [5.41, 5.74) is 1.89. The molecule has 2 nitrogen and oxygen atoms in total. The first kappa shape index (κ1) is 12.9. The normalized spacial score (nSPS) is 14.1. The van der Waals surface area contributed by atoms with Crippen LogP contribution in [0, 0.1) is 11.6 Å². The van der Waals surface area contributed by atoms with E-state index in [-0.39, 0.29) is 6.54 Å². The molecule has 0 amide bonds. The number of nitrogens with zero attached hydrogens (tertiary/aromatic N) is 1. The third-order valence-corrected chi connectivity index (χ3v) is 3.25. The lowest BCUT2D eigenvalue weighted by atomic mass is 10.00. The monoisotopic (exact) mass is 288 g/mol. The summed E-state index contributed by atoms with van der Waals surface area (Å²) in [7, 11) is 0. The van der Waals surface area contributed by atoms with Crippen molar-refractivity contribution in [3.05, 3.63) is 65.2 Å². The average Bonchev–Trinajstić information content (AvgIpc) is 2.58. The van der Waals surface area contributed by atoms with Gasteiger partial charge in [-0.3, -0.25) is 4.99 Å². The molecule has 0 saturated carbocycles. The van der Waals surface area contributed by atoms with E-state index >= 15 is 0 Å². The Bertz CT molecular complexity index is 726. The van der Waals surface area contributed by atoms with Crippen LogP contribution in [0.3, 0.4) is 0 Å². The number of thiocarbonyl (C=S) groups is 1. The number of hydrogen-bond acceptors (Lipinski definition) is 2. The van der Waals surface area contributed by atoms with Crippen molar-refractivity contribution in [3.8, 4) is 0 Å². The first-order valence-corrected chi connectivity index (χ1v) is 6.45. The van der Waals surface area contributed by atoms with Crippen LogP contribution in [-0.4, -0.2) is 17.2 Å². The molecule has 0 aromatic heterocycles. The van der Waals surface area contributed by atoms with Crippen molar-refractivity contribution >= 4 is 28.6 Å². The molecular weight excluding hydrogens is 278 g/mol. The standard InChI is InChI=1S/C15H10F2N2S/c16-9-5-6-13-11(7-9)15(18-8-14(20)19-13)10-3-1-2-4-12(10)17/h1-7H,8H2,(H,19,20). The van der Waals surface area contributed by atoms with E-state index in [1.54, 1.807) is 24.3 Å². The molecule has 100 valence electrons. The summed E-state index contributed by atoms with van der Waals surface area (Å²) < 4.78 is 27.5. The van der Waals surface area contributed by atoms with E-state index in [0.717, 1.165) is 0 Å². The van der Waals surface area contributed by atoms with Crippen molar-refractivity contribution in [2.24, 2.45) is 4.99 Å². The Balaban J connectivity index is 2.23. The molecule has 2 aromatic carbocycles. The second kappa shape index (κ2) is 5.09. The Hall–Kier alpha value is -2.14. The largest absolute Gasteiger partial charge is 0.348 e. The second-order valence-corrected chi connectivity index (χ2v) is 4.88. The van der Waals surface area contributed by atoms with Crippen LogP contribution in [-0.2, 0) is 0 Å². The number of hydrogen-bond donors (Lipinski definition) is 1. The molecule has 0 radical (unpaired) electrons. The van der Waals surface area contributed by atoms with E-state index < -0.39 is 11.6 Å². The number of rotatable bonds is 1. The van der Waals surface area contributed by atoms with Gasteiger partial charge in [0.05, 0.1) is 12.3 Å². The van der Waals surface area contributed by atoms with Gasteiger partial charge < -0.3 is 5.32 Å². The van der Waals surface area contributed by atoms with Gasteiger partial charge >= 0.3 is 0 Å². The van der Waals surface area contributed by atoms with Crippen LogP contribution < -0.4 is 5.32 Å². The minimum absolute atomic E-state index is 0.245. The molecular formula is C15H10F2N2S. The van der Waals surface area contributed by atoms with E-state index in [1.165, 1.54) is 18.2 Å². The number of fused-ring (bicyclic) bond motifs is 1. The Morgan fingerprint density at radius 2 is 1.85 bits per heavy atom. The topological polar surface area (TPSA) is 24.4 Å². The van der Waals surface area contributed by atoms with Crippen molar-refractivity contribution in [3.63, 3.8) is 0 Å². The lowest BCUT2D eigenvalue weighted by molar-refractivity contribution is 0.624. The van der Waals surface area contributed by atoms with Crippen molar-refractivity contribution in [1.29, 1.82) is 0 Å². The number of anilines is 1. The maximum atomic E-state index is 14.0. The Labute approximate surface area is 120 Å². The minimum Gasteiger partial charge on any atom is -0.348 e. The highest BCUT2D eigenvalue weighted by atomic mass is 32.1. The third-order valence-electron chi connectivity index (χ3n) is 3.02. The van der Waals surface area contributed by atoms with Crippen LogP contribution in [0.15, 0.2) is 47.5 Å². The van der Waals surface area contributed by atoms with Gasteiger partial charge in [0, 0.05) is 16.8 Å². The van der Waals surface area contributed by atoms with Gasteiger partial charge in [-0.05, 0) is 30.3 Å². The summed E-state index contributed by atoms with van der Waals surface area (Å²) in [6.45, 7) is 0.245. The predicted octanol–water partition coefficient (Wildman–Crippen LogP) is 3.56. The van der Waals surface area contributed by atoms with Crippen molar-refractivity contribution in [2.75, 3.05) is 11.9 Å². The summed E-state index contributed by atoms with van der Waals surface area (Å²) in [5.74, 6) is -0.795. The molecule has 20 heavy (non-hydrogen) atoms. The highest BCUT2D eigenvalue weighted by Crippen LogP contribution is 2.25. The minimum atomic E-state index is -0.401. The Morgan fingerprint density at radius 3 is 2.65 bits per heavy atom. The fraction of sp³-hybridized carbons (Fsp3) is 0.0667. The van der Waals surface area contributed by atoms with Crippen LogP contribution in [0.5, 0.6) is 0 Å². The van der Waals surface area contributed by atoms with Gasteiger partial charge in [0.1, 0.15) is 16.6 Å². The molecule has 1 heterocycles. The fourth-order valence-corrected chi connectivity index (χ4v) is 2.31. The first-order chi connectivity index (χ1) is 9.65. The van der Waals surface area contributed by atoms with Gasteiger partial charge in [-0.15, -0.1) is 0 Å². The van der Waals surface area contributed by atoms with Crippen molar-refractivity contribution < 1.29 is 8.78 Å². The van der Waals surface area contributed by atoms with Crippen LogP contribution in [0.2, 0.25) is 0 Å². The van der Waals surface area contributed by atoms with Crippen molar-refractivity contribution in [1.82, 2.24) is 0 Å². The SMILES string of the molecule is Fc1ccc2c(c1)C(c1ccccc1F)=NCC(=S)N2. The number of benzodiazepines with no additional fused rings is 1. The Kier molecular flexibility index (Phi) is 3.28. The Morgan fingerprint density at radius 1 is 1.05 bits per heavy atom. The van der Waals surface area contributed by atoms with Crippen molar-refractivity contribution in [2.45, 2.75) is 0 Å². The molecule has 0 atom stereocenters. The number of benzene rings is 2. The van der Waals surface area contributed by atoms with Crippen LogP contribution in [0.25, 0.3) is 0 Å². The summed E-state index contributed by atoms with van der Waals surface area (Å²) in [4.78, 5) is 4.84. The van der Waals surface area contributed by atoms with Crippen LogP contribution in [0.4, 0.5) is 14.5 Å². The number of nitrogens with one attached hydrogen (secondary N) is 1. The number of halogens is 2. The van der Waals surface area contributed by atoms with Gasteiger partial charge in [-0.1, -0.05) is 24.4 Å². The molecule has 3 rings (SSSR count). The maximum Gasteiger partial charge on any atom is 0.132 e. The van der Waals surface area contributed by atoms with Crippen LogP contribution in [0.1, 0.15) is 11.1 Å². The molecule has 0 unspecified atom stereocenters. The van der Waals surface area contributed by atoms with E-state index in [2.05, 4.69) is 10.3 Å². The van der Waals surface area contributed by atoms with Gasteiger partial charge in [-0.25, -0.2) is 8.78 Å². The molecule has 0 saturated heterocycles. The van der Waals surface area contributed by atoms with Gasteiger partial charge in [-0.2, -0.15) is 0 Å². The molecule has 2 aromatic rings. The predicted molar refractivity (Wildman–Crippen MR) is 79.5 cm³/mol. The van der Waals surface area contributed by atoms with E-state index in [4.69, 9.17) is 12.2 Å². The lowest BCUT2D eigenvalue weighted by Gasteiger charge is -2.11. The zero-order valence-electron chi connectivity index (χ0n) is 10.4. The molecule has 1 aliphatic rings. The molecule has 0 fully saturated rings. The van der Waals surface area contributed by atoms with Crippen LogP contribution >= 0.6 is 12.2 Å². The highest BCUT2D eigenvalue weighted by molar-refractivity contribution is 7.80. The zero-order chi connectivity index (χ0) is 14.1. The molecule has 0 aliphatic carbocycles. The van der Waals surface area contributed by atoms with Gasteiger partial charge in [0.25, 0.3) is 0 Å². The average molecular weight is 288 g/mol. The smallest absolute Gasteiger partial charge is 0.132 e. The lowest BCUT2D eigenvalue weighted by Crippen LogP contribution is -2.11. The molecule has 1 aliphatic heterocycles. The summed E-state index contributed by atoms with van der Waals surface area (Å²) >= 11 is 5.13.